The van der Waals surface area contributed by atoms with Crippen LogP contribution in [-0.2, 0) is 10.0 Å². The molecular formula is C16H17ClF3N3O2S. The van der Waals surface area contributed by atoms with E-state index in [9.17, 15) is 21.6 Å². The third-order valence-corrected chi connectivity index (χ3v) is 7.25. The lowest BCUT2D eigenvalue weighted by Gasteiger charge is -2.27. The number of hydrogen-bond donors (Lipinski definition) is 1. The number of pyridine rings is 1. The lowest BCUT2D eigenvalue weighted by Crippen LogP contribution is -2.35. The number of nitrogens with one attached hydrogen (secondary N) is 1. The van der Waals surface area contributed by atoms with Crippen molar-refractivity contribution in [2.45, 2.75) is 55.9 Å². The van der Waals surface area contributed by atoms with Gasteiger partial charge in [0.05, 0.1) is 5.25 Å². The number of alkyl halides is 2. The Morgan fingerprint density at radius 2 is 1.96 bits per heavy atom. The summed E-state index contributed by atoms with van der Waals surface area (Å²) in [4.78, 5) is 4.02. The van der Waals surface area contributed by atoms with Crippen LogP contribution in [0.2, 0.25) is 5.15 Å². The van der Waals surface area contributed by atoms with Gasteiger partial charge in [-0.1, -0.05) is 11.6 Å². The van der Waals surface area contributed by atoms with Gasteiger partial charge in [0.15, 0.2) is 11.0 Å². The zero-order valence-electron chi connectivity index (χ0n) is 13.6. The molecule has 142 valence electrons. The Morgan fingerprint density at radius 1 is 1.27 bits per heavy atom. The quantitative estimate of drug-likeness (QED) is 0.737. The number of hydrogen-bond acceptors (Lipinski definition) is 3. The van der Waals surface area contributed by atoms with Crippen LogP contribution in [0.1, 0.15) is 49.8 Å². The zero-order chi connectivity index (χ0) is 18.6. The van der Waals surface area contributed by atoms with Gasteiger partial charge in [-0.05, 0) is 38.2 Å². The molecule has 2 aromatic rings. The molecule has 2 aliphatic carbocycles. The predicted octanol–water partition coefficient (Wildman–Crippen LogP) is 3.94. The molecule has 10 heteroatoms. The van der Waals surface area contributed by atoms with Crippen molar-refractivity contribution in [3.8, 4) is 0 Å². The van der Waals surface area contributed by atoms with Crippen molar-refractivity contribution in [3.05, 3.63) is 28.8 Å². The predicted molar refractivity (Wildman–Crippen MR) is 91.4 cm³/mol. The highest BCUT2D eigenvalue weighted by Crippen LogP contribution is 2.39. The molecular weight excluding hydrogens is 391 g/mol. The van der Waals surface area contributed by atoms with Crippen molar-refractivity contribution in [1.82, 2.24) is 14.3 Å². The molecule has 0 bridgehead atoms. The third-order valence-electron chi connectivity index (χ3n) is 5.06. The van der Waals surface area contributed by atoms with Crippen LogP contribution >= 0.6 is 11.6 Å². The van der Waals surface area contributed by atoms with Crippen molar-refractivity contribution < 1.29 is 21.6 Å². The van der Waals surface area contributed by atoms with Crippen LogP contribution in [0.25, 0.3) is 11.0 Å². The van der Waals surface area contributed by atoms with Gasteiger partial charge in [-0.15, -0.1) is 0 Å². The van der Waals surface area contributed by atoms with E-state index in [2.05, 4.69) is 9.71 Å². The summed E-state index contributed by atoms with van der Waals surface area (Å²) in [5.74, 6) is -0.829. The van der Waals surface area contributed by atoms with Gasteiger partial charge in [-0.3, -0.25) is 0 Å². The highest BCUT2D eigenvalue weighted by Gasteiger charge is 2.40. The van der Waals surface area contributed by atoms with Gasteiger partial charge < -0.3 is 4.57 Å². The van der Waals surface area contributed by atoms with Crippen molar-refractivity contribution in [3.63, 3.8) is 0 Å². The highest BCUT2D eigenvalue weighted by molar-refractivity contribution is 7.90. The summed E-state index contributed by atoms with van der Waals surface area (Å²) in [6, 6.07) is -0.638. The van der Waals surface area contributed by atoms with E-state index < -0.39 is 33.6 Å². The fourth-order valence-corrected chi connectivity index (χ4v) is 4.91. The normalized spacial score (nSPS) is 19.9. The van der Waals surface area contributed by atoms with E-state index in [4.69, 9.17) is 11.6 Å². The molecule has 0 aromatic carbocycles. The van der Waals surface area contributed by atoms with Crippen LogP contribution in [0.5, 0.6) is 0 Å². The van der Waals surface area contributed by atoms with E-state index in [1.165, 1.54) is 6.20 Å². The molecule has 2 aliphatic rings. The molecule has 4 rings (SSSR count). The summed E-state index contributed by atoms with van der Waals surface area (Å²) in [5.41, 5.74) is 0.321. The number of nitrogens with zero attached hydrogens (tertiary/aromatic N) is 2. The topological polar surface area (TPSA) is 64.0 Å². The molecule has 1 N–H and O–H groups in total. The summed E-state index contributed by atoms with van der Waals surface area (Å²) < 4.78 is 69.6. The Morgan fingerprint density at radius 3 is 2.50 bits per heavy atom. The van der Waals surface area contributed by atoms with E-state index in [-0.39, 0.29) is 22.1 Å². The van der Waals surface area contributed by atoms with E-state index in [1.807, 2.05) is 0 Å². The zero-order valence-corrected chi connectivity index (χ0v) is 15.2. The van der Waals surface area contributed by atoms with Crippen LogP contribution in [0.3, 0.4) is 0 Å². The summed E-state index contributed by atoms with van der Waals surface area (Å²) in [5, 5.41) is -0.814. The fraction of sp³-hybridized carbons (Fsp3) is 0.562. The molecule has 0 amide bonds. The lowest BCUT2D eigenvalue weighted by molar-refractivity contribution is 0.109. The number of halogens is 4. The summed E-state index contributed by atoms with van der Waals surface area (Å²) in [7, 11) is -3.85. The molecule has 26 heavy (non-hydrogen) atoms. The Labute approximate surface area is 153 Å². The molecule has 2 aromatic heterocycles. The smallest absolute Gasteiger partial charge is 0.258 e. The van der Waals surface area contributed by atoms with Gasteiger partial charge in [0.25, 0.3) is 6.43 Å². The SMILES string of the molecule is O=S(=O)(NC(c1cn(C2CCC2)c2nc(Cl)c(F)cc12)C(F)F)C1CC1. The van der Waals surface area contributed by atoms with E-state index in [0.29, 0.717) is 18.5 Å². The highest BCUT2D eigenvalue weighted by atomic mass is 35.5. The standard InChI is InChI=1S/C16H17ClF3N3O2S/c17-14-12(18)6-10-11(7-23(16(10)21-14)8-2-1-3-8)13(15(19)20)22-26(24,25)9-4-5-9/h6-9,13,15,22H,1-5H2. The van der Waals surface area contributed by atoms with Crippen molar-refractivity contribution in [1.29, 1.82) is 0 Å². The first-order valence-corrected chi connectivity index (χ1v) is 10.4. The molecule has 5 nitrogen and oxygen atoms in total. The largest absolute Gasteiger partial charge is 0.329 e. The Kier molecular flexibility index (Phi) is 4.44. The van der Waals surface area contributed by atoms with Gasteiger partial charge >= 0.3 is 0 Å². The van der Waals surface area contributed by atoms with Crippen LogP contribution in [0.15, 0.2) is 12.3 Å². The average molecular weight is 408 g/mol. The second kappa shape index (κ2) is 6.38. The van der Waals surface area contributed by atoms with E-state index >= 15 is 0 Å². The second-order valence-electron chi connectivity index (χ2n) is 6.88. The first kappa shape index (κ1) is 18.1. The minimum atomic E-state index is -3.85. The van der Waals surface area contributed by atoms with Gasteiger partial charge in [-0.2, -0.15) is 0 Å². The number of aromatic nitrogens is 2. The lowest BCUT2D eigenvalue weighted by atomic mass is 9.93. The second-order valence-corrected chi connectivity index (χ2v) is 9.23. The first-order valence-electron chi connectivity index (χ1n) is 8.43. The molecule has 1 unspecified atom stereocenters. The number of rotatable bonds is 6. The average Bonchev–Trinajstić information content (AvgIpc) is 3.31. The Hall–Kier alpha value is -1.32. The van der Waals surface area contributed by atoms with Crippen LogP contribution in [-0.4, -0.2) is 29.6 Å². The molecule has 2 heterocycles. The fourth-order valence-electron chi connectivity index (χ4n) is 3.24. The van der Waals surface area contributed by atoms with Gasteiger partial charge in [0, 0.05) is 23.2 Å². The van der Waals surface area contributed by atoms with Gasteiger partial charge in [-0.25, -0.2) is 31.3 Å². The van der Waals surface area contributed by atoms with Crippen molar-refractivity contribution in [2.24, 2.45) is 0 Å². The van der Waals surface area contributed by atoms with E-state index in [0.717, 1.165) is 25.3 Å². The number of sulfonamides is 1. The number of fused-ring (bicyclic) bond motifs is 1. The third kappa shape index (κ3) is 3.10. The summed E-state index contributed by atoms with van der Waals surface area (Å²) in [6.07, 6.45) is 2.11. The Balaban J connectivity index is 1.83. The van der Waals surface area contributed by atoms with Gasteiger partial charge in [0.1, 0.15) is 11.7 Å². The summed E-state index contributed by atoms with van der Waals surface area (Å²) >= 11 is 5.77. The monoisotopic (exact) mass is 407 g/mol. The van der Waals surface area contributed by atoms with Crippen molar-refractivity contribution in [2.75, 3.05) is 0 Å². The van der Waals surface area contributed by atoms with Crippen LogP contribution in [0.4, 0.5) is 13.2 Å². The maximum Gasteiger partial charge on any atom is 0.258 e. The van der Waals surface area contributed by atoms with Crippen molar-refractivity contribution >= 4 is 32.7 Å². The molecule has 0 aliphatic heterocycles. The maximum absolute atomic E-state index is 13.9. The maximum atomic E-state index is 13.9. The molecule has 1 atom stereocenters. The first-order chi connectivity index (χ1) is 12.3. The minimum absolute atomic E-state index is 0.0224. The van der Waals surface area contributed by atoms with E-state index in [1.54, 1.807) is 4.57 Å². The van der Waals surface area contributed by atoms with Crippen LogP contribution < -0.4 is 4.72 Å². The van der Waals surface area contributed by atoms with Crippen LogP contribution in [0, 0.1) is 5.82 Å². The molecule has 0 spiro atoms. The molecule has 2 saturated carbocycles. The van der Waals surface area contributed by atoms with Gasteiger partial charge in [0.2, 0.25) is 10.0 Å². The molecule has 2 fully saturated rings. The molecule has 0 saturated heterocycles. The minimum Gasteiger partial charge on any atom is -0.329 e. The molecule has 0 radical (unpaired) electrons. The summed E-state index contributed by atoms with van der Waals surface area (Å²) in [6.45, 7) is 0. The Bertz CT molecular complexity index is 955.